The molecule has 13 heavy (non-hydrogen) atoms. The Morgan fingerprint density at radius 3 is 2.69 bits per heavy atom. The second kappa shape index (κ2) is 9.75. The minimum atomic E-state index is 0.253. The summed E-state index contributed by atoms with van der Waals surface area (Å²) in [5.41, 5.74) is 0. The smallest absolute Gasteiger partial charge is 0.0584 e. The van der Waals surface area contributed by atoms with Crippen LogP contribution >= 0.6 is 0 Å². The predicted octanol–water partition coefficient (Wildman–Crippen LogP) is 2.09. The molecule has 0 rings (SSSR count). The SMILES string of the molecule is C=CCCCCCNC(CC)CO. The summed E-state index contributed by atoms with van der Waals surface area (Å²) in [4.78, 5) is 0. The van der Waals surface area contributed by atoms with Gasteiger partial charge in [-0.2, -0.15) is 0 Å². The van der Waals surface area contributed by atoms with Gasteiger partial charge >= 0.3 is 0 Å². The highest BCUT2D eigenvalue weighted by atomic mass is 16.3. The molecule has 0 radical (unpaired) electrons. The summed E-state index contributed by atoms with van der Waals surface area (Å²) < 4.78 is 0. The Labute approximate surface area is 82.0 Å². The highest BCUT2D eigenvalue weighted by Gasteiger charge is 2.01. The van der Waals surface area contributed by atoms with E-state index in [9.17, 15) is 0 Å². The average molecular weight is 185 g/mol. The van der Waals surface area contributed by atoms with Crippen LogP contribution in [-0.2, 0) is 0 Å². The van der Waals surface area contributed by atoms with Crippen LogP contribution in [0.4, 0.5) is 0 Å². The second-order valence-corrected chi connectivity index (χ2v) is 3.38. The van der Waals surface area contributed by atoms with Crippen LogP contribution in [0.5, 0.6) is 0 Å². The van der Waals surface area contributed by atoms with E-state index in [-0.39, 0.29) is 6.61 Å². The highest BCUT2D eigenvalue weighted by Crippen LogP contribution is 1.99. The fraction of sp³-hybridized carbons (Fsp3) is 0.818. The van der Waals surface area contributed by atoms with Gasteiger partial charge in [-0.15, -0.1) is 6.58 Å². The van der Waals surface area contributed by atoms with Crippen LogP contribution in [0.15, 0.2) is 12.7 Å². The molecule has 2 heteroatoms. The Morgan fingerprint density at radius 2 is 2.15 bits per heavy atom. The van der Waals surface area contributed by atoms with Gasteiger partial charge in [0.25, 0.3) is 0 Å². The lowest BCUT2D eigenvalue weighted by Gasteiger charge is -2.13. The summed E-state index contributed by atoms with van der Waals surface area (Å²) in [6, 6.07) is 0.291. The lowest BCUT2D eigenvalue weighted by atomic mass is 10.2. The molecule has 2 nitrogen and oxygen atoms in total. The molecule has 0 aliphatic heterocycles. The van der Waals surface area contributed by atoms with Crippen molar-refractivity contribution in [2.45, 2.75) is 45.1 Å². The zero-order chi connectivity index (χ0) is 9.94. The first kappa shape index (κ1) is 12.7. The number of hydrogen-bond acceptors (Lipinski definition) is 2. The molecular formula is C11H23NO. The van der Waals surface area contributed by atoms with Crippen LogP contribution in [0, 0.1) is 0 Å². The zero-order valence-electron chi connectivity index (χ0n) is 8.76. The maximum absolute atomic E-state index is 8.89. The number of aliphatic hydroxyl groups excluding tert-OH is 1. The topological polar surface area (TPSA) is 32.3 Å². The van der Waals surface area contributed by atoms with Crippen molar-refractivity contribution in [1.29, 1.82) is 0 Å². The Kier molecular flexibility index (Phi) is 9.49. The van der Waals surface area contributed by atoms with E-state index in [1.165, 1.54) is 19.3 Å². The summed E-state index contributed by atoms with van der Waals surface area (Å²) >= 11 is 0. The Bertz CT molecular complexity index is 111. The van der Waals surface area contributed by atoms with Crippen molar-refractivity contribution in [3.63, 3.8) is 0 Å². The van der Waals surface area contributed by atoms with E-state index >= 15 is 0 Å². The number of allylic oxidation sites excluding steroid dienone is 1. The third-order valence-corrected chi connectivity index (χ3v) is 2.23. The van der Waals surface area contributed by atoms with Crippen molar-refractivity contribution in [3.05, 3.63) is 12.7 Å². The standard InChI is InChI=1S/C11H23NO/c1-3-5-6-7-8-9-12-11(4-2)10-13/h3,11-13H,1,4-10H2,2H3. The molecule has 0 saturated carbocycles. The van der Waals surface area contributed by atoms with Crippen molar-refractivity contribution in [2.75, 3.05) is 13.2 Å². The zero-order valence-corrected chi connectivity index (χ0v) is 8.76. The molecule has 0 heterocycles. The van der Waals surface area contributed by atoms with Crippen LogP contribution in [-0.4, -0.2) is 24.3 Å². The normalized spacial score (nSPS) is 12.8. The molecule has 0 bridgehead atoms. The first-order chi connectivity index (χ1) is 6.35. The first-order valence-electron chi connectivity index (χ1n) is 5.30. The number of unbranched alkanes of at least 4 members (excludes halogenated alkanes) is 3. The molecule has 0 aromatic rings. The van der Waals surface area contributed by atoms with Gasteiger partial charge in [0.05, 0.1) is 6.61 Å². The molecule has 0 aliphatic rings. The van der Waals surface area contributed by atoms with Gasteiger partial charge in [0.15, 0.2) is 0 Å². The molecule has 1 atom stereocenters. The largest absolute Gasteiger partial charge is 0.395 e. The highest BCUT2D eigenvalue weighted by molar-refractivity contribution is 4.66. The van der Waals surface area contributed by atoms with Crippen LogP contribution in [0.25, 0.3) is 0 Å². The summed E-state index contributed by atoms with van der Waals surface area (Å²) in [5, 5.41) is 12.2. The Hall–Kier alpha value is -0.340. The van der Waals surface area contributed by atoms with Crippen molar-refractivity contribution in [3.8, 4) is 0 Å². The van der Waals surface area contributed by atoms with Gasteiger partial charge in [0, 0.05) is 6.04 Å². The van der Waals surface area contributed by atoms with Crippen molar-refractivity contribution in [2.24, 2.45) is 0 Å². The van der Waals surface area contributed by atoms with Gasteiger partial charge in [-0.1, -0.05) is 19.4 Å². The lowest BCUT2D eigenvalue weighted by molar-refractivity contribution is 0.238. The minimum Gasteiger partial charge on any atom is -0.395 e. The summed E-state index contributed by atoms with van der Waals surface area (Å²) in [6.07, 6.45) is 7.78. The maximum Gasteiger partial charge on any atom is 0.0584 e. The third kappa shape index (κ3) is 8.00. The molecule has 0 aromatic carbocycles. The van der Waals surface area contributed by atoms with Gasteiger partial charge in [0.1, 0.15) is 0 Å². The number of aliphatic hydroxyl groups is 1. The van der Waals surface area contributed by atoms with Crippen molar-refractivity contribution in [1.82, 2.24) is 5.32 Å². The molecule has 1 unspecified atom stereocenters. The fourth-order valence-electron chi connectivity index (χ4n) is 1.23. The molecule has 0 spiro atoms. The van der Waals surface area contributed by atoms with Gasteiger partial charge in [-0.05, 0) is 32.2 Å². The van der Waals surface area contributed by atoms with Gasteiger partial charge in [-0.3, -0.25) is 0 Å². The van der Waals surface area contributed by atoms with Crippen molar-refractivity contribution < 1.29 is 5.11 Å². The number of hydrogen-bond donors (Lipinski definition) is 2. The van der Waals surface area contributed by atoms with Crippen molar-refractivity contribution >= 4 is 0 Å². The van der Waals surface area contributed by atoms with Gasteiger partial charge in [0.2, 0.25) is 0 Å². The molecule has 0 aliphatic carbocycles. The van der Waals surface area contributed by atoms with Crippen LogP contribution < -0.4 is 5.32 Å². The fourth-order valence-corrected chi connectivity index (χ4v) is 1.23. The monoisotopic (exact) mass is 185 g/mol. The van der Waals surface area contributed by atoms with E-state index in [4.69, 9.17) is 5.11 Å². The third-order valence-electron chi connectivity index (χ3n) is 2.23. The van der Waals surface area contributed by atoms with Crippen LogP contribution in [0.2, 0.25) is 0 Å². The van der Waals surface area contributed by atoms with Gasteiger partial charge < -0.3 is 10.4 Å². The molecule has 0 amide bonds. The molecule has 0 aromatic heterocycles. The quantitative estimate of drug-likeness (QED) is 0.426. The Morgan fingerprint density at radius 1 is 1.38 bits per heavy atom. The lowest BCUT2D eigenvalue weighted by Crippen LogP contribution is -2.32. The maximum atomic E-state index is 8.89. The van der Waals surface area contributed by atoms with E-state index in [1.807, 2.05) is 6.08 Å². The summed E-state index contributed by atoms with van der Waals surface area (Å²) in [5.74, 6) is 0. The number of nitrogens with one attached hydrogen (secondary N) is 1. The van der Waals surface area contributed by atoms with Crippen LogP contribution in [0.3, 0.4) is 0 Å². The van der Waals surface area contributed by atoms with Gasteiger partial charge in [-0.25, -0.2) is 0 Å². The Balaban J connectivity index is 3.09. The van der Waals surface area contributed by atoms with E-state index in [0.29, 0.717) is 6.04 Å². The average Bonchev–Trinajstić information content (AvgIpc) is 2.17. The van der Waals surface area contributed by atoms with E-state index in [2.05, 4.69) is 18.8 Å². The predicted molar refractivity (Wildman–Crippen MR) is 57.8 cm³/mol. The summed E-state index contributed by atoms with van der Waals surface area (Å²) in [6.45, 7) is 7.05. The molecule has 0 saturated heterocycles. The second-order valence-electron chi connectivity index (χ2n) is 3.38. The van der Waals surface area contributed by atoms with E-state index in [0.717, 1.165) is 19.4 Å². The molecule has 2 N–H and O–H groups in total. The summed E-state index contributed by atoms with van der Waals surface area (Å²) in [7, 11) is 0. The first-order valence-corrected chi connectivity index (χ1v) is 5.30. The van der Waals surface area contributed by atoms with E-state index < -0.39 is 0 Å². The molecule has 0 fully saturated rings. The molecule has 78 valence electrons. The minimum absolute atomic E-state index is 0.253. The van der Waals surface area contributed by atoms with E-state index in [1.54, 1.807) is 0 Å². The number of rotatable bonds is 9. The molecular weight excluding hydrogens is 162 g/mol. The van der Waals surface area contributed by atoms with Crippen LogP contribution in [0.1, 0.15) is 39.0 Å².